The minimum Gasteiger partial charge on any atom is -0.448 e. The molecule has 1 saturated carbocycles. The first-order chi connectivity index (χ1) is 9.08. The molecule has 0 saturated heterocycles. The van der Waals surface area contributed by atoms with E-state index in [0.717, 1.165) is 12.8 Å². The van der Waals surface area contributed by atoms with Crippen molar-refractivity contribution >= 4 is 11.8 Å². The van der Waals surface area contributed by atoms with E-state index in [-0.39, 0.29) is 18.1 Å². The third kappa shape index (κ3) is 3.33. The molecular formula is C13H19N3O3. The predicted molar refractivity (Wildman–Crippen MR) is 68.5 cm³/mol. The zero-order valence-corrected chi connectivity index (χ0v) is 11.1. The summed E-state index contributed by atoms with van der Waals surface area (Å²) < 4.78 is 5.41. The van der Waals surface area contributed by atoms with Crippen LogP contribution in [-0.2, 0) is 4.79 Å². The standard InChI is InChI=1S/C13H19N3O3/c1-16(7-11(14)17)13(18)10-8-19-12(15-10)9-5-3-2-4-6-9/h8-9H,2-7H2,1H3,(H2,14,17). The topological polar surface area (TPSA) is 89.4 Å². The molecule has 1 aliphatic carbocycles. The highest BCUT2D eigenvalue weighted by Crippen LogP contribution is 2.31. The molecule has 2 rings (SSSR count). The summed E-state index contributed by atoms with van der Waals surface area (Å²) in [6, 6.07) is 0. The number of amides is 2. The number of likely N-dealkylation sites (N-methyl/N-ethyl adjacent to an activating group) is 1. The molecule has 1 aliphatic rings. The van der Waals surface area contributed by atoms with Gasteiger partial charge in [0.15, 0.2) is 11.6 Å². The number of nitrogens with two attached hydrogens (primary N) is 1. The molecule has 1 heterocycles. The Bertz CT molecular complexity index is 463. The van der Waals surface area contributed by atoms with Crippen LogP contribution >= 0.6 is 0 Å². The summed E-state index contributed by atoms with van der Waals surface area (Å²) in [7, 11) is 1.52. The number of rotatable bonds is 4. The fourth-order valence-corrected chi connectivity index (χ4v) is 2.42. The zero-order chi connectivity index (χ0) is 13.8. The molecule has 6 nitrogen and oxygen atoms in total. The summed E-state index contributed by atoms with van der Waals surface area (Å²) in [5, 5.41) is 0. The van der Waals surface area contributed by atoms with E-state index in [1.165, 1.54) is 37.5 Å². The molecule has 6 heteroatoms. The number of primary amides is 1. The van der Waals surface area contributed by atoms with Crippen molar-refractivity contribution in [1.82, 2.24) is 9.88 Å². The fraction of sp³-hybridized carbons (Fsp3) is 0.615. The fourth-order valence-electron chi connectivity index (χ4n) is 2.42. The maximum Gasteiger partial charge on any atom is 0.276 e. The number of carbonyl (C=O) groups is 2. The molecule has 0 aromatic carbocycles. The smallest absolute Gasteiger partial charge is 0.276 e. The lowest BCUT2D eigenvalue weighted by Crippen LogP contribution is -2.35. The maximum absolute atomic E-state index is 12.0. The van der Waals surface area contributed by atoms with Crippen molar-refractivity contribution in [3.05, 3.63) is 17.8 Å². The lowest BCUT2D eigenvalue weighted by atomic mass is 9.89. The molecule has 0 bridgehead atoms. The van der Waals surface area contributed by atoms with Gasteiger partial charge < -0.3 is 15.1 Å². The minimum absolute atomic E-state index is 0.121. The molecule has 104 valence electrons. The van der Waals surface area contributed by atoms with Crippen LogP contribution in [0.3, 0.4) is 0 Å². The van der Waals surface area contributed by atoms with Gasteiger partial charge in [0.05, 0.1) is 6.54 Å². The molecule has 2 amide bonds. The Morgan fingerprint density at radius 3 is 2.74 bits per heavy atom. The second-order valence-corrected chi connectivity index (χ2v) is 5.03. The van der Waals surface area contributed by atoms with E-state index < -0.39 is 5.91 Å². The molecule has 0 aliphatic heterocycles. The van der Waals surface area contributed by atoms with Crippen LogP contribution in [0.15, 0.2) is 10.7 Å². The molecule has 0 spiro atoms. The van der Waals surface area contributed by atoms with Crippen LogP contribution in [0.25, 0.3) is 0 Å². The van der Waals surface area contributed by atoms with Gasteiger partial charge in [-0.3, -0.25) is 9.59 Å². The summed E-state index contributed by atoms with van der Waals surface area (Å²) >= 11 is 0. The Balaban J connectivity index is 2.03. The number of carbonyl (C=O) groups excluding carboxylic acids is 2. The SMILES string of the molecule is CN(CC(N)=O)C(=O)c1coc(C2CCCCC2)n1. The average molecular weight is 265 g/mol. The Labute approximate surface area is 112 Å². The Morgan fingerprint density at radius 2 is 2.11 bits per heavy atom. The molecule has 1 aromatic heterocycles. The molecule has 1 aromatic rings. The molecule has 1 fully saturated rings. The number of nitrogens with zero attached hydrogens (tertiary/aromatic N) is 2. The van der Waals surface area contributed by atoms with Crippen molar-refractivity contribution in [3.8, 4) is 0 Å². The summed E-state index contributed by atoms with van der Waals surface area (Å²) in [6.07, 6.45) is 7.10. The molecule has 19 heavy (non-hydrogen) atoms. The molecular weight excluding hydrogens is 246 g/mol. The summed E-state index contributed by atoms with van der Waals surface area (Å²) in [4.78, 5) is 28.2. The third-order valence-electron chi connectivity index (χ3n) is 3.44. The van der Waals surface area contributed by atoms with Crippen LogP contribution < -0.4 is 5.73 Å². The highest BCUT2D eigenvalue weighted by atomic mass is 16.3. The largest absolute Gasteiger partial charge is 0.448 e. The monoisotopic (exact) mass is 265 g/mol. The normalized spacial score (nSPS) is 16.3. The Kier molecular flexibility index (Phi) is 4.19. The van der Waals surface area contributed by atoms with Gasteiger partial charge in [-0.2, -0.15) is 0 Å². The predicted octanol–water partition coefficient (Wildman–Crippen LogP) is 1.28. The molecule has 0 radical (unpaired) electrons. The molecule has 0 atom stereocenters. The summed E-state index contributed by atoms with van der Waals surface area (Å²) in [6.45, 7) is -0.121. The average Bonchev–Trinajstić information content (AvgIpc) is 2.87. The lowest BCUT2D eigenvalue weighted by Gasteiger charge is -2.17. The van der Waals surface area contributed by atoms with Gasteiger partial charge in [0.2, 0.25) is 5.91 Å². The van der Waals surface area contributed by atoms with Crippen molar-refractivity contribution in [3.63, 3.8) is 0 Å². The van der Waals surface area contributed by atoms with Crippen molar-refractivity contribution in [1.29, 1.82) is 0 Å². The van der Waals surface area contributed by atoms with Crippen LogP contribution in [0.4, 0.5) is 0 Å². The second-order valence-electron chi connectivity index (χ2n) is 5.03. The Hall–Kier alpha value is -1.85. The van der Waals surface area contributed by atoms with Crippen molar-refractivity contribution in [2.75, 3.05) is 13.6 Å². The first-order valence-electron chi connectivity index (χ1n) is 6.57. The van der Waals surface area contributed by atoms with Crippen LogP contribution in [-0.4, -0.2) is 35.3 Å². The van der Waals surface area contributed by atoms with Crippen LogP contribution in [0.2, 0.25) is 0 Å². The molecule has 2 N–H and O–H groups in total. The lowest BCUT2D eigenvalue weighted by molar-refractivity contribution is -0.118. The minimum atomic E-state index is -0.549. The number of oxazole rings is 1. The zero-order valence-electron chi connectivity index (χ0n) is 11.1. The van der Waals surface area contributed by atoms with E-state index in [9.17, 15) is 9.59 Å². The van der Waals surface area contributed by atoms with Crippen LogP contribution in [0.5, 0.6) is 0 Å². The Morgan fingerprint density at radius 1 is 1.42 bits per heavy atom. The summed E-state index contributed by atoms with van der Waals surface area (Å²) in [5.41, 5.74) is 5.29. The van der Waals surface area contributed by atoms with E-state index >= 15 is 0 Å². The second kappa shape index (κ2) is 5.86. The van der Waals surface area contributed by atoms with E-state index in [2.05, 4.69) is 4.98 Å². The first-order valence-corrected chi connectivity index (χ1v) is 6.57. The van der Waals surface area contributed by atoms with E-state index in [0.29, 0.717) is 11.8 Å². The van der Waals surface area contributed by atoms with E-state index in [1.54, 1.807) is 0 Å². The van der Waals surface area contributed by atoms with Gasteiger partial charge in [0, 0.05) is 13.0 Å². The van der Waals surface area contributed by atoms with Crippen LogP contribution in [0.1, 0.15) is 54.4 Å². The van der Waals surface area contributed by atoms with Gasteiger partial charge in [0.1, 0.15) is 6.26 Å². The van der Waals surface area contributed by atoms with Gasteiger partial charge in [-0.05, 0) is 12.8 Å². The number of aromatic nitrogens is 1. The first kappa shape index (κ1) is 13.6. The summed E-state index contributed by atoms with van der Waals surface area (Å²) in [5.74, 6) is 0.0590. The van der Waals surface area contributed by atoms with Crippen molar-refractivity contribution in [2.24, 2.45) is 5.73 Å². The van der Waals surface area contributed by atoms with Gasteiger partial charge in [-0.1, -0.05) is 19.3 Å². The number of hydrogen-bond donors (Lipinski definition) is 1. The van der Waals surface area contributed by atoms with Gasteiger partial charge in [-0.15, -0.1) is 0 Å². The van der Waals surface area contributed by atoms with Crippen molar-refractivity contribution in [2.45, 2.75) is 38.0 Å². The highest BCUT2D eigenvalue weighted by Gasteiger charge is 2.23. The molecule has 0 unspecified atom stereocenters. The number of hydrogen-bond acceptors (Lipinski definition) is 4. The van der Waals surface area contributed by atoms with Gasteiger partial charge >= 0.3 is 0 Å². The van der Waals surface area contributed by atoms with Gasteiger partial charge in [-0.25, -0.2) is 4.98 Å². The van der Waals surface area contributed by atoms with E-state index in [4.69, 9.17) is 10.2 Å². The highest BCUT2D eigenvalue weighted by molar-refractivity contribution is 5.94. The quantitative estimate of drug-likeness (QED) is 0.888. The van der Waals surface area contributed by atoms with E-state index in [1.807, 2.05) is 0 Å². The third-order valence-corrected chi connectivity index (χ3v) is 3.44. The van der Waals surface area contributed by atoms with Gasteiger partial charge in [0.25, 0.3) is 5.91 Å². The maximum atomic E-state index is 12.0. The van der Waals surface area contributed by atoms with Crippen LogP contribution in [0, 0.1) is 0 Å². The van der Waals surface area contributed by atoms with Crippen molar-refractivity contribution < 1.29 is 14.0 Å².